The second kappa shape index (κ2) is 6.38. The van der Waals surface area contributed by atoms with E-state index in [0.29, 0.717) is 0 Å². The van der Waals surface area contributed by atoms with Gasteiger partial charge in [0.15, 0.2) is 0 Å². The SMILES string of the molecule is CCCNc1nc(CSCC)nc2sc(C)cc12. The van der Waals surface area contributed by atoms with Crippen molar-refractivity contribution >= 4 is 39.1 Å². The van der Waals surface area contributed by atoms with E-state index in [1.165, 1.54) is 4.88 Å². The Kier molecular flexibility index (Phi) is 4.83. The largest absolute Gasteiger partial charge is 0.369 e. The molecule has 0 spiro atoms. The van der Waals surface area contributed by atoms with Crippen LogP contribution in [-0.2, 0) is 5.75 Å². The zero-order valence-corrected chi connectivity index (χ0v) is 12.7. The lowest BCUT2D eigenvalue weighted by Gasteiger charge is -2.07. The highest BCUT2D eigenvalue weighted by Gasteiger charge is 2.10. The minimum atomic E-state index is 0.893. The van der Waals surface area contributed by atoms with E-state index < -0.39 is 0 Å². The first-order valence-electron chi connectivity index (χ1n) is 6.33. The van der Waals surface area contributed by atoms with E-state index in [9.17, 15) is 0 Å². The number of thioether (sulfide) groups is 1. The van der Waals surface area contributed by atoms with Crippen LogP contribution in [0.4, 0.5) is 5.82 Å². The molecule has 5 heteroatoms. The van der Waals surface area contributed by atoms with Gasteiger partial charge in [0.25, 0.3) is 0 Å². The van der Waals surface area contributed by atoms with E-state index in [4.69, 9.17) is 0 Å². The highest BCUT2D eigenvalue weighted by molar-refractivity contribution is 7.98. The molecular weight excluding hydrogens is 262 g/mol. The third kappa shape index (κ3) is 3.14. The van der Waals surface area contributed by atoms with Crippen LogP contribution < -0.4 is 5.32 Å². The molecule has 0 aliphatic carbocycles. The molecule has 0 amide bonds. The van der Waals surface area contributed by atoms with E-state index in [2.05, 4.69) is 42.1 Å². The Labute approximate surface area is 116 Å². The Balaban J connectivity index is 2.36. The van der Waals surface area contributed by atoms with E-state index in [-0.39, 0.29) is 0 Å². The van der Waals surface area contributed by atoms with Crippen LogP contribution in [0.3, 0.4) is 0 Å². The summed E-state index contributed by atoms with van der Waals surface area (Å²) < 4.78 is 0. The Morgan fingerprint density at radius 3 is 2.89 bits per heavy atom. The fraction of sp³-hybridized carbons (Fsp3) is 0.538. The fourth-order valence-corrected chi connectivity index (χ4v) is 3.14. The maximum atomic E-state index is 4.65. The zero-order valence-electron chi connectivity index (χ0n) is 11.1. The lowest BCUT2D eigenvalue weighted by molar-refractivity contribution is 0.961. The third-order valence-corrected chi connectivity index (χ3v) is 4.35. The molecule has 2 aromatic heterocycles. The molecule has 1 N–H and O–H groups in total. The Morgan fingerprint density at radius 1 is 1.33 bits per heavy atom. The first-order valence-corrected chi connectivity index (χ1v) is 8.30. The molecule has 0 aromatic carbocycles. The predicted octanol–water partition coefficient (Wildman–Crippen LogP) is 4.07. The summed E-state index contributed by atoms with van der Waals surface area (Å²) in [6, 6.07) is 2.18. The molecule has 0 saturated carbocycles. The summed E-state index contributed by atoms with van der Waals surface area (Å²) in [5, 5.41) is 4.58. The number of anilines is 1. The number of thiophene rings is 1. The van der Waals surface area contributed by atoms with Crippen molar-refractivity contribution in [2.45, 2.75) is 32.9 Å². The molecule has 3 nitrogen and oxygen atoms in total. The van der Waals surface area contributed by atoms with Crippen LogP contribution in [0.5, 0.6) is 0 Å². The van der Waals surface area contributed by atoms with Gasteiger partial charge in [0.05, 0.1) is 11.1 Å². The molecule has 2 aromatic rings. The second-order valence-corrected chi connectivity index (χ2v) is 6.64. The predicted molar refractivity (Wildman–Crippen MR) is 82.8 cm³/mol. The molecule has 0 unspecified atom stereocenters. The van der Waals surface area contributed by atoms with Crippen molar-refractivity contribution in [3.05, 3.63) is 16.8 Å². The summed E-state index contributed by atoms with van der Waals surface area (Å²) in [6.45, 7) is 7.41. The highest BCUT2D eigenvalue weighted by Crippen LogP contribution is 2.29. The maximum absolute atomic E-state index is 4.65. The first kappa shape index (κ1) is 13.6. The maximum Gasteiger partial charge on any atom is 0.142 e. The standard InChI is InChI=1S/C13H19N3S2/c1-4-6-14-12-10-7-9(3)18-13(10)16-11(15-12)8-17-5-2/h7H,4-6,8H2,1-3H3,(H,14,15,16). The minimum absolute atomic E-state index is 0.893. The van der Waals surface area contributed by atoms with Crippen LogP contribution in [0.2, 0.25) is 0 Å². The molecule has 18 heavy (non-hydrogen) atoms. The van der Waals surface area contributed by atoms with Gasteiger partial charge >= 0.3 is 0 Å². The number of hydrogen-bond acceptors (Lipinski definition) is 5. The number of rotatable bonds is 6. The van der Waals surface area contributed by atoms with Crippen molar-refractivity contribution < 1.29 is 0 Å². The molecule has 0 saturated heterocycles. The normalized spacial score (nSPS) is 11.1. The van der Waals surface area contributed by atoms with Gasteiger partial charge in [-0.25, -0.2) is 9.97 Å². The van der Waals surface area contributed by atoms with Gasteiger partial charge in [0.1, 0.15) is 16.5 Å². The van der Waals surface area contributed by atoms with Crippen LogP contribution in [-0.4, -0.2) is 22.3 Å². The molecule has 0 aliphatic rings. The molecule has 0 aliphatic heterocycles. The number of nitrogens with zero attached hydrogens (tertiary/aromatic N) is 2. The zero-order chi connectivity index (χ0) is 13.0. The number of nitrogens with one attached hydrogen (secondary N) is 1. The van der Waals surface area contributed by atoms with Crippen molar-refractivity contribution in [2.75, 3.05) is 17.6 Å². The summed E-state index contributed by atoms with van der Waals surface area (Å²) in [6.07, 6.45) is 1.10. The summed E-state index contributed by atoms with van der Waals surface area (Å²) in [4.78, 5) is 11.7. The van der Waals surface area contributed by atoms with Gasteiger partial charge in [-0.2, -0.15) is 11.8 Å². The molecule has 0 bridgehead atoms. The highest BCUT2D eigenvalue weighted by atomic mass is 32.2. The van der Waals surface area contributed by atoms with Crippen LogP contribution in [0.1, 0.15) is 31.0 Å². The van der Waals surface area contributed by atoms with Crippen LogP contribution in [0.25, 0.3) is 10.2 Å². The van der Waals surface area contributed by atoms with Gasteiger partial charge in [0.2, 0.25) is 0 Å². The summed E-state index contributed by atoms with van der Waals surface area (Å²) in [5.74, 6) is 3.93. The van der Waals surface area contributed by atoms with Gasteiger partial charge < -0.3 is 5.32 Å². The van der Waals surface area contributed by atoms with Crippen molar-refractivity contribution in [2.24, 2.45) is 0 Å². The second-order valence-electron chi connectivity index (χ2n) is 4.13. The molecule has 0 fully saturated rings. The molecule has 2 rings (SSSR count). The minimum Gasteiger partial charge on any atom is -0.369 e. The Morgan fingerprint density at radius 2 is 2.17 bits per heavy atom. The molecule has 0 atom stereocenters. The molecule has 2 heterocycles. The van der Waals surface area contributed by atoms with Crippen LogP contribution in [0.15, 0.2) is 6.07 Å². The van der Waals surface area contributed by atoms with Crippen molar-refractivity contribution in [1.29, 1.82) is 0 Å². The van der Waals surface area contributed by atoms with Crippen LogP contribution in [0, 0.1) is 6.92 Å². The third-order valence-electron chi connectivity index (χ3n) is 2.54. The van der Waals surface area contributed by atoms with E-state index in [0.717, 1.165) is 46.3 Å². The summed E-state index contributed by atoms with van der Waals surface area (Å²) in [5.41, 5.74) is 0. The average molecular weight is 281 g/mol. The van der Waals surface area contributed by atoms with E-state index in [1.54, 1.807) is 11.3 Å². The lowest BCUT2D eigenvalue weighted by atomic mass is 10.3. The van der Waals surface area contributed by atoms with E-state index >= 15 is 0 Å². The first-order chi connectivity index (χ1) is 8.74. The van der Waals surface area contributed by atoms with Crippen molar-refractivity contribution in [3.63, 3.8) is 0 Å². The van der Waals surface area contributed by atoms with Gasteiger partial charge in [-0.15, -0.1) is 11.3 Å². The van der Waals surface area contributed by atoms with Gasteiger partial charge in [-0.3, -0.25) is 0 Å². The van der Waals surface area contributed by atoms with Crippen molar-refractivity contribution in [1.82, 2.24) is 9.97 Å². The molecule has 98 valence electrons. The smallest absolute Gasteiger partial charge is 0.142 e. The number of hydrogen-bond donors (Lipinski definition) is 1. The number of fused-ring (bicyclic) bond motifs is 1. The van der Waals surface area contributed by atoms with Crippen molar-refractivity contribution in [3.8, 4) is 0 Å². The fourth-order valence-electron chi connectivity index (χ4n) is 1.72. The Hall–Kier alpha value is -0.810. The van der Waals surface area contributed by atoms with Gasteiger partial charge in [-0.05, 0) is 25.2 Å². The van der Waals surface area contributed by atoms with E-state index in [1.807, 2.05) is 11.8 Å². The summed E-state index contributed by atoms with van der Waals surface area (Å²) in [7, 11) is 0. The number of aryl methyl sites for hydroxylation is 1. The monoisotopic (exact) mass is 281 g/mol. The summed E-state index contributed by atoms with van der Waals surface area (Å²) >= 11 is 3.61. The molecule has 0 radical (unpaired) electrons. The number of aromatic nitrogens is 2. The lowest BCUT2D eigenvalue weighted by Crippen LogP contribution is -2.05. The quantitative estimate of drug-likeness (QED) is 0.866. The van der Waals surface area contributed by atoms with Gasteiger partial charge in [0, 0.05) is 11.4 Å². The average Bonchev–Trinajstić information content (AvgIpc) is 2.73. The Bertz CT molecular complexity index is 522. The molecular formula is C13H19N3S2. The van der Waals surface area contributed by atoms with Gasteiger partial charge in [-0.1, -0.05) is 13.8 Å². The topological polar surface area (TPSA) is 37.8 Å². The van der Waals surface area contributed by atoms with Crippen LogP contribution >= 0.6 is 23.1 Å².